The van der Waals surface area contributed by atoms with Crippen LogP contribution in [0.2, 0.25) is 10.0 Å². The summed E-state index contributed by atoms with van der Waals surface area (Å²) >= 11 is 10.9. The van der Waals surface area contributed by atoms with E-state index in [1.807, 2.05) is 0 Å². The van der Waals surface area contributed by atoms with Gasteiger partial charge in [0.2, 0.25) is 0 Å². The largest absolute Gasteiger partial charge is 0.393 e. The van der Waals surface area contributed by atoms with Crippen LogP contribution in [-0.4, -0.2) is 6.18 Å². The fraction of sp³-hybridized carbons (Fsp3) is 0.250. The molecule has 0 fully saturated rings. The fourth-order valence-corrected chi connectivity index (χ4v) is 1.42. The highest BCUT2D eigenvalue weighted by Gasteiger charge is 2.27. The van der Waals surface area contributed by atoms with Gasteiger partial charge >= 0.3 is 6.18 Å². The van der Waals surface area contributed by atoms with Crippen molar-refractivity contribution in [2.75, 3.05) is 0 Å². The highest BCUT2D eigenvalue weighted by Crippen LogP contribution is 2.25. The molecule has 0 heterocycles. The Kier molecular flexibility index (Phi) is 3.09. The Morgan fingerprint density at radius 1 is 1.15 bits per heavy atom. The SMILES string of the molecule is FC(F)(F)Cc1cc(Cl)[c]c(Cl)c1. The third kappa shape index (κ3) is 3.87. The molecule has 13 heavy (non-hydrogen) atoms. The molecule has 71 valence electrons. The second-order valence-electron chi connectivity index (χ2n) is 2.48. The van der Waals surface area contributed by atoms with E-state index in [0.29, 0.717) is 0 Å². The molecule has 0 aromatic heterocycles. The Labute approximate surface area is 83.3 Å². The third-order valence-corrected chi connectivity index (χ3v) is 1.67. The lowest BCUT2D eigenvalue weighted by molar-refractivity contribution is -0.127. The number of benzene rings is 1. The number of hydrogen-bond donors (Lipinski definition) is 0. The Morgan fingerprint density at radius 3 is 2.00 bits per heavy atom. The average Bonchev–Trinajstić information content (AvgIpc) is 1.78. The van der Waals surface area contributed by atoms with E-state index in [4.69, 9.17) is 23.2 Å². The van der Waals surface area contributed by atoms with Gasteiger partial charge in [0.15, 0.2) is 0 Å². The minimum absolute atomic E-state index is 0.0428. The molecule has 0 saturated heterocycles. The Balaban J connectivity index is 2.90. The predicted molar refractivity (Wildman–Crippen MR) is 45.1 cm³/mol. The lowest BCUT2D eigenvalue weighted by Crippen LogP contribution is -2.11. The highest BCUT2D eigenvalue weighted by atomic mass is 35.5. The van der Waals surface area contributed by atoms with Gasteiger partial charge in [0.05, 0.1) is 16.5 Å². The molecular weight excluding hydrogens is 224 g/mol. The van der Waals surface area contributed by atoms with Gasteiger partial charge in [0.1, 0.15) is 0 Å². The molecule has 0 unspecified atom stereocenters. The normalized spacial score (nSPS) is 11.8. The lowest BCUT2D eigenvalue weighted by Gasteiger charge is -2.06. The number of alkyl halides is 3. The van der Waals surface area contributed by atoms with E-state index < -0.39 is 12.6 Å². The van der Waals surface area contributed by atoms with Crippen molar-refractivity contribution in [1.29, 1.82) is 0 Å². The van der Waals surface area contributed by atoms with Crippen molar-refractivity contribution in [1.82, 2.24) is 0 Å². The molecule has 1 aromatic carbocycles. The molecule has 0 aliphatic heterocycles. The molecular formula is C8H4Cl2F3. The minimum atomic E-state index is -4.24. The molecule has 0 atom stereocenters. The standard InChI is InChI=1S/C8H4Cl2F3/c9-6-1-5(2-7(10)3-6)4-8(11,12)13/h1-2H,4H2. The summed E-state index contributed by atoms with van der Waals surface area (Å²) in [6.07, 6.45) is -5.27. The van der Waals surface area contributed by atoms with Crippen molar-refractivity contribution in [2.24, 2.45) is 0 Å². The average molecular weight is 228 g/mol. The molecule has 0 aliphatic rings. The van der Waals surface area contributed by atoms with E-state index in [2.05, 4.69) is 6.07 Å². The quantitative estimate of drug-likeness (QED) is 0.683. The van der Waals surface area contributed by atoms with Gasteiger partial charge in [0.25, 0.3) is 0 Å². The van der Waals surface area contributed by atoms with Gasteiger partial charge in [-0.25, -0.2) is 0 Å². The molecule has 0 N–H and O–H groups in total. The smallest absolute Gasteiger partial charge is 0.171 e. The van der Waals surface area contributed by atoms with E-state index in [1.54, 1.807) is 0 Å². The molecule has 0 spiro atoms. The molecule has 1 radical (unpaired) electrons. The van der Waals surface area contributed by atoms with E-state index >= 15 is 0 Å². The maximum atomic E-state index is 11.9. The molecule has 0 bridgehead atoms. The summed E-state index contributed by atoms with van der Waals surface area (Å²) in [4.78, 5) is 0. The maximum Gasteiger partial charge on any atom is 0.393 e. The van der Waals surface area contributed by atoms with Crippen molar-refractivity contribution in [2.45, 2.75) is 12.6 Å². The second kappa shape index (κ2) is 3.76. The highest BCUT2D eigenvalue weighted by molar-refractivity contribution is 6.34. The van der Waals surface area contributed by atoms with E-state index in [0.717, 1.165) is 0 Å². The zero-order chi connectivity index (χ0) is 10.1. The fourth-order valence-electron chi connectivity index (χ4n) is 0.887. The molecule has 0 saturated carbocycles. The van der Waals surface area contributed by atoms with Crippen LogP contribution in [0.3, 0.4) is 0 Å². The van der Waals surface area contributed by atoms with Crippen LogP contribution in [0.15, 0.2) is 12.1 Å². The van der Waals surface area contributed by atoms with E-state index in [9.17, 15) is 13.2 Å². The first-order chi connectivity index (χ1) is 5.87. The van der Waals surface area contributed by atoms with Crippen LogP contribution in [0.4, 0.5) is 13.2 Å². The Hall–Kier alpha value is -0.410. The first-order valence-electron chi connectivity index (χ1n) is 3.31. The summed E-state index contributed by atoms with van der Waals surface area (Å²) in [5.41, 5.74) is 0.0428. The van der Waals surface area contributed by atoms with Crippen molar-refractivity contribution in [3.63, 3.8) is 0 Å². The van der Waals surface area contributed by atoms with Gasteiger partial charge < -0.3 is 0 Å². The van der Waals surface area contributed by atoms with Crippen LogP contribution in [0, 0.1) is 6.07 Å². The summed E-state index contributed by atoms with van der Waals surface area (Å²) in [7, 11) is 0. The molecule has 5 heteroatoms. The van der Waals surface area contributed by atoms with Gasteiger partial charge in [0, 0.05) is 6.07 Å². The number of rotatable bonds is 1. The van der Waals surface area contributed by atoms with Crippen molar-refractivity contribution in [3.05, 3.63) is 33.8 Å². The summed E-state index contributed by atoms with van der Waals surface area (Å²) in [6, 6.07) is 4.85. The summed E-state index contributed by atoms with van der Waals surface area (Å²) < 4.78 is 35.7. The van der Waals surface area contributed by atoms with Gasteiger partial charge in [-0.15, -0.1) is 0 Å². The van der Waals surface area contributed by atoms with Crippen LogP contribution in [0.5, 0.6) is 0 Å². The Bertz CT molecular complexity index is 286. The first kappa shape index (κ1) is 10.7. The topological polar surface area (TPSA) is 0 Å². The second-order valence-corrected chi connectivity index (χ2v) is 3.29. The number of halogens is 5. The predicted octanol–water partition coefficient (Wildman–Crippen LogP) is 3.90. The zero-order valence-corrected chi connectivity index (χ0v) is 7.76. The van der Waals surface area contributed by atoms with Crippen molar-refractivity contribution in [3.8, 4) is 0 Å². The molecule has 1 aromatic rings. The maximum absolute atomic E-state index is 11.9. The Morgan fingerprint density at radius 2 is 1.62 bits per heavy atom. The first-order valence-corrected chi connectivity index (χ1v) is 4.06. The van der Waals surface area contributed by atoms with Gasteiger partial charge in [-0.1, -0.05) is 23.2 Å². The van der Waals surface area contributed by atoms with Crippen LogP contribution in [0.25, 0.3) is 0 Å². The van der Waals surface area contributed by atoms with Gasteiger partial charge in [-0.2, -0.15) is 13.2 Å². The number of hydrogen-bond acceptors (Lipinski definition) is 0. The molecule has 0 amide bonds. The minimum Gasteiger partial charge on any atom is -0.171 e. The zero-order valence-electron chi connectivity index (χ0n) is 6.25. The van der Waals surface area contributed by atoms with Gasteiger partial charge in [-0.05, 0) is 17.7 Å². The lowest BCUT2D eigenvalue weighted by atomic mass is 10.1. The summed E-state index contributed by atoms with van der Waals surface area (Å²) in [5, 5.41) is 0.179. The van der Waals surface area contributed by atoms with E-state index in [1.165, 1.54) is 12.1 Å². The molecule has 0 nitrogen and oxygen atoms in total. The molecule has 1 rings (SSSR count). The van der Waals surface area contributed by atoms with Crippen LogP contribution in [-0.2, 0) is 6.42 Å². The summed E-state index contributed by atoms with van der Waals surface area (Å²) in [6.45, 7) is 0. The van der Waals surface area contributed by atoms with Crippen LogP contribution in [0.1, 0.15) is 5.56 Å². The van der Waals surface area contributed by atoms with E-state index in [-0.39, 0.29) is 15.6 Å². The van der Waals surface area contributed by atoms with Gasteiger partial charge in [-0.3, -0.25) is 0 Å². The van der Waals surface area contributed by atoms with Crippen molar-refractivity contribution < 1.29 is 13.2 Å². The van der Waals surface area contributed by atoms with Crippen molar-refractivity contribution >= 4 is 23.2 Å². The van der Waals surface area contributed by atoms with Crippen LogP contribution < -0.4 is 0 Å². The monoisotopic (exact) mass is 227 g/mol. The summed E-state index contributed by atoms with van der Waals surface area (Å²) in [5.74, 6) is 0. The third-order valence-electron chi connectivity index (χ3n) is 1.27. The molecule has 0 aliphatic carbocycles. The van der Waals surface area contributed by atoms with Crippen LogP contribution >= 0.6 is 23.2 Å².